The molecule has 1 saturated heterocycles. The zero-order valence-electron chi connectivity index (χ0n) is 11.3. The van der Waals surface area contributed by atoms with Gasteiger partial charge in [-0.25, -0.2) is 4.79 Å². The summed E-state index contributed by atoms with van der Waals surface area (Å²) in [6.07, 6.45) is 3.36. The number of hydrogen-bond acceptors (Lipinski definition) is 3. The summed E-state index contributed by atoms with van der Waals surface area (Å²) in [7, 11) is 0. The average molecular weight is 277 g/mol. The number of carbonyl (C=O) groups excluding carboxylic acids is 1. The Morgan fingerprint density at radius 3 is 2.55 bits per heavy atom. The third-order valence-electron chi connectivity index (χ3n) is 3.74. The molecule has 0 bridgehead atoms. The predicted molar refractivity (Wildman–Crippen MR) is 73.8 cm³/mol. The van der Waals surface area contributed by atoms with E-state index in [4.69, 9.17) is 5.11 Å². The highest BCUT2D eigenvalue weighted by Crippen LogP contribution is 2.23. The molecule has 1 aromatic carbocycles. The molecule has 0 saturated carbocycles. The van der Waals surface area contributed by atoms with Crippen LogP contribution in [0.15, 0.2) is 24.3 Å². The maximum Gasteiger partial charge on any atom is 0.336 e. The Labute approximate surface area is 117 Å². The van der Waals surface area contributed by atoms with Crippen molar-refractivity contribution in [3.63, 3.8) is 0 Å². The van der Waals surface area contributed by atoms with E-state index in [0.717, 1.165) is 19.3 Å². The lowest BCUT2D eigenvalue weighted by Crippen LogP contribution is -2.44. The number of nitrogens with zero attached hydrogens (tertiary/aromatic N) is 1. The summed E-state index contributed by atoms with van der Waals surface area (Å²) < 4.78 is 0. The van der Waals surface area contributed by atoms with Gasteiger partial charge >= 0.3 is 5.97 Å². The molecule has 0 aromatic heterocycles. The highest BCUT2D eigenvalue weighted by atomic mass is 16.4. The number of benzene rings is 1. The van der Waals surface area contributed by atoms with E-state index in [1.807, 2.05) is 0 Å². The molecule has 1 fully saturated rings. The summed E-state index contributed by atoms with van der Waals surface area (Å²) >= 11 is 0. The Morgan fingerprint density at radius 1 is 1.20 bits per heavy atom. The van der Waals surface area contributed by atoms with Gasteiger partial charge in [-0.15, -0.1) is 0 Å². The quantitative estimate of drug-likeness (QED) is 0.879. The minimum Gasteiger partial charge on any atom is -0.478 e. The standard InChI is InChI=1S/C15H19NO4/c17-10-8-11-5-3-4-9-16(11)14(18)12-6-1-2-7-13(12)15(19)20/h1-2,6-7,11,17H,3-5,8-10H2,(H,19,20). The van der Waals surface area contributed by atoms with Crippen molar-refractivity contribution >= 4 is 11.9 Å². The van der Waals surface area contributed by atoms with Crippen molar-refractivity contribution in [3.05, 3.63) is 35.4 Å². The number of carboxylic acids is 1. The summed E-state index contributed by atoms with van der Waals surface area (Å²) in [6.45, 7) is 0.659. The fraction of sp³-hybridized carbons (Fsp3) is 0.467. The molecule has 5 nitrogen and oxygen atoms in total. The second-order valence-corrected chi connectivity index (χ2v) is 5.01. The Hall–Kier alpha value is -1.88. The maximum absolute atomic E-state index is 12.6. The van der Waals surface area contributed by atoms with Crippen LogP contribution in [0.1, 0.15) is 46.4 Å². The van der Waals surface area contributed by atoms with Gasteiger partial charge in [0, 0.05) is 19.2 Å². The Kier molecular flexibility index (Phi) is 4.74. The SMILES string of the molecule is O=C(O)c1ccccc1C(=O)N1CCCCC1CCO. The second kappa shape index (κ2) is 6.52. The topological polar surface area (TPSA) is 77.8 Å². The van der Waals surface area contributed by atoms with Crippen LogP contribution in [-0.4, -0.2) is 46.2 Å². The van der Waals surface area contributed by atoms with E-state index in [1.54, 1.807) is 23.1 Å². The first-order chi connectivity index (χ1) is 9.65. The number of aromatic carboxylic acids is 1. The number of carboxylic acid groups (broad SMARTS) is 1. The van der Waals surface area contributed by atoms with E-state index in [9.17, 15) is 14.7 Å². The summed E-state index contributed by atoms with van der Waals surface area (Å²) in [5.74, 6) is -1.34. The number of likely N-dealkylation sites (tertiary alicyclic amines) is 1. The Morgan fingerprint density at radius 2 is 1.90 bits per heavy atom. The highest BCUT2D eigenvalue weighted by Gasteiger charge is 2.29. The molecule has 1 aromatic rings. The molecule has 1 unspecified atom stereocenters. The number of aliphatic hydroxyl groups is 1. The molecule has 20 heavy (non-hydrogen) atoms. The van der Waals surface area contributed by atoms with Gasteiger partial charge in [-0.1, -0.05) is 12.1 Å². The normalized spacial score (nSPS) is 18.9. The van der Waals surface area contributed by atoms with Gasteiger partial charge in [-0.2, -0.15) is 0 Å². The van der Waals surface area contributed by atoms with Gasteiger partial charge in [0.05, 0.1) is 11.1 Å². The van der Waals surface area contributed by atoms with E-state index in [-0.39, 0.29) is 29.7 Å². The van der Waals surface area contributed by atoms with Gasteiger partial charge in [0.15, 0.2) is 0 Å². The molecule has 1 atom stereocenters. The molecular weight excluding hydrogens is 258 g/mol. The fourth-order valence-electron chi connectivity index (χ4n) is 2.73. The molecule has 108 valence electrons. The molecule has 0 aliphatic carbocycles. The van der Waals surface area contributed by atoms with Gasteiger partial charge in [0.25, 0.3) is 5.91 Å². The summed E-state index contributed by atoms with van der Waals surface area (Å²) in [4.78, 5) is 25.5. The lowest BCUT2D eigenvalue weighted by Gasteiger charge is -2.35. The Bertz CT molecular complexity index is 498. The first-order valence-electron chi connectivity index (χ1n) is 6.89. The van der Waals surface area contributed by atoms with Crippen LogP contribution in [0.4, 0.5) is 0 Å². The van der Waals surface area contributed by atoms with Crippen molar-refractivity contribution in [3.8, 4) is 0 Å². The van der Waals surface area contributed by atoms with Crippen LogP contribution in [-0.2, 0) is 0 Å². The Balaban J connectivity index is 2.27. The lowest BCUT2D eigenvalue weighted by atomic mass is 9.97. The van der Waals surface area contributed by atoms with Crippen LogP contribution >= 0.6 is 0 Å². The number of aliphatic hydroxyl groups excluding tert-OH is 1. The van der Waals surface area contributed by atoms with E-state index in [1.165, 1.54) is 6.07 Å². The molecule has 1 aliphatic heterocycles. The summed E-state index contributed by atoms with van der Waals surface area (Å²) in [5.41, 5.74) is 0.260. The third-order valence-corrected chi connectivity index (χ3v) is 3.74. The molecule has 1 amide bonds. The molecule has 5 heteroatoms. The van der Waals surface area contributed by atoms with Gasteiger partial charge in [-0.3, -0.25) is 4.79 Å². The summed E-state index contributed by atoms with van der Waals surface area (Å²) in [5, 5.41) is 18.3. The number of rotatable bonds is 4. The van der Waals surface area contributed by atoms with Gasteiger partial charge in [0.2, 0.25) is 0 Å². The minimum atomic E-state index is -1.09. The zero-order chi connectivity index (χ0) is 14.5. The molecule has 2 N–H and O–H groups in total. The van der Waals surface area contributed by atoms with E-state index < -0.39 is 5.97 Å². The zero-order valence-corrected chi connectivity index (χ0v) is 11.3. The largest absolute Gasteiger partial charge is 0.478 e. The maximum atomic E-state index is 12.6. The monoisotopic (exact) mass is 277 g/mol. The van der Waals surface area contributed by atoms with Crippen LogP contribution in [0.5, 0.6) is 0 Å². The van der Waals surface area contributed by atoms with Crippen LogP contribution in [0.25, 0.3) is 0 Å². The molecule has 1 heterocycles. The van der Waals surface area contributed by atoms with Crippen LogP contribution in [0.3, 0.4) is 0 Å². The van der Waals surface area contributed by atoms with Gasteiger partial charge < -0.3 is 15.1 Å². The van der Waals surface area contributed by atoms with Crippen molar-refractivity contribution < 1.29 is 19.8 Å². The molecule has 0 radical (unpaired) electrons. The smallest absolute Gasteiger partial charge is 0.336 e. The third kappa shape index (κ3) is 2.99. The number of carbonyl (C=O) groups is 2. The van der Waals surface area contributed by atoms with Crippen LogP contribution in [0, 0.1) is 0 Å². The van der Waals surface area contributed by atoms with E-state index in [2.05, 4.69) is 0 Å². The first-order valence-corrected chi connectivity index (χ1v) is 6.89. The van der Waals surface area contributed by atoms with E-state index >= 15 is 0 Å². The van der Waals surface area contributed by atoms with Crippen LogP contribution < -0.4 is 0 Å². The lowest BCUT2D eigenvalue weighted by molar-refractivity contribution is 0.0561. The van der Waals surface area contributed by atoms with Crippen molar-refractivity contribution in [1.82, 2.24) is 4.90 Å². The fourth-order valence-corrected chi connectivity index (χ4v) is 2.73. The number of piperidine rings is 1. The first kappa shape index (κ1) is 14.5. The highest BCUT2D eigenvalue weighted by molar-refractivity contribution is 6.04. The van der Waals surface area contributed by atoms with E-state index in [0.29, 0.717) is 13.0 Å². The van der Waals surface area contributed by atoms with Crippen molar-refractivity contribution in [2.24, 2.45) is 0 Å². The predicted octanol–water partition coefficient (Wildman–Crippen LogP) is 1.76. The number of hydrogen-bond donors (Lipinski definition) is 2. The van der Waals surface area contributed by atoms with Crippen LogP contribution in [0.2, 0.25) is 0 Å². The summed E-state index contributed by atoms with van der Waals surface area (Å²) in [6, 6.07) is 6.28. The van der Waals surface area contributed by atoms with Crippen molar-refractivity contribution in [2.75, 3.05) is 13.2 Å². The molecule has 1 aliphatic rings. The molecule has 2 rings (SSSR count). The molecule has 0 spiro atoms. The van der Waals surface area contributed by atoms with Crippen molar-refractivity contribution in [1.29, 1.82) is 0 Å². The number of amides is 1. The van der Waals surface area contributed by atoms with Crippen molar-refractivity contribution in [2.45, 2.75) is 31.7 Å². The minimum absolute atomic E-state index is 0.00287. The second-order valence-electron chi connectivity index (χ2n) is 5.01. The van der Waals surface area contributed by atoms with Gasteiger partial charge in [0.1, 0.15) is 0 Å². The van der Waals surface area contributed by atoms with Gasteiger partial charge in [-0.05, 0) is 37.8 Å². The average Bonchev–Trinajstić information content (AvgIpc) is 2.47. The molecular formula is C15H19NO4.